The number of hydrogen-bond acceptors (Lipinski definition) is 3. The number of halogens is 4. The molecule has 0 atom stereocenters. The van der Waals surface area contributed by atoms with E-state index in [-0.39, 0.29) is 48.2 Å². The van der Waals surface area contributed by atoms with Gasteiger partial charge in [0.15, 0.2) is 0 Å². The Bertz CT molecular complexity index is 1120. The Labute approximate surface area is 201 Å². The number of amides is 2. The highest BCUT2D eigenvalue weighted by Gasteiger charge is 2.42. The molecule has 2 amide bonds. The third kappa shape index (κ3) is 4.80. The van der Waals surface area contributed by atoms with Crippen LogP contribution in [0.25, 0.3) is 11.3 Å². The number of nitrogens with two attached hydrogens (primary N) is 1. The highest BCUT2D eigenvalue weighted by atomic mass is 35.5. The van der Waals surface area contributed by atoms with E-state index in [1.54, 1.807) is 9.58 Å². The summed E-state index contributed by atoms with van der Waals surface area (Å²) in [6, 6.07) is 4.05. The smallest absolute Gasteiger partial charge is 0.252 e. The number of primary amides is 1. The van der Waals surface area contributed by atoms with Crippen LogP contribution in [0.15, 0.2) is 18.2 Å². The second-order valence-corrected chi connectivity index (χ2v) is 10.4. The second-order valence-electron chi connectivity index (χ2n) is 10.00. The first kappa shape index (κ1) is 24.6. The largest absolute Gasteiger partial charge is 0.365 e. The Morgan fingerprint density at radius 1 is 1.24 bits per heavy atom. The molecule has 0 unspecified atom stereocenters. The molecule has 2 aliphatic rings. The predicted octanol–water partition coefficient (Wildman–Crippen LogP) is 5.03. The van der Waals surface area contributed by atoms with E-state index in [1.807, 2.05) is 13.8 Å². The van der Waals surface area contributed by atoms with Crippen molar-refractivity contribution in [1.82, 2.24) is 14.7 Å². The van der Waals surface area contributed by atoms with Gasteiger partial charge in [-0.3, -0.25) is 14.3 Å². The number of nitrogens with zero attached hydrogens (tertiary/aromatic N) is 3. The standard InChI is InChI=1S/C24H28ClF3N4O2/c1-23(2,15-5-7-24(27,28)8-6-15)12-19(33)31-9-10-32-18(13-31)20(22(29)34)21(30-32)14-3-4-17(26)16(25)11-14/h3-4,11,15H,5-10,12-13H2,1-2H3,(H2,29,34). The lowest BCUT2D eigenvalue weighted by molar-refractivity contribution is -0.136. The Kier molecular flexibility index (Phi) is 6.44. The molecule has 0 bridgehead atoms. The number of carbonyl (C=O) groups is 2. The maximum atomic E-state index is 13.6. The zero-order chi connectivity index (χ0) is 24.8. The molecule has 1 saturated carbocycles. The Hall–Kier alpha value is -2.55. The summed E-state index contributed by atoms with van der Waals surface area (Å²) in [6.45, 7) is 4.83. The fourth-order valence-corrected chi connectivity index (χ4v) is 5.28. The van der Waals surface area contributed by atoms with Crippen molar-refractivity contribution in [2.45, 2.75) is 65.0 Å². The van der Waals surface area contributed by atoms with Crippen molar-refractivity contribution in [3.63, 3.8) is 0 Å². The number of benzene rings is 1. The molecule has 1 aromatic carbocycles. The summed E-state index contributed by atoms with van der Waals surface area (Å²) < 4.78 is 42.4. The molecule has 1 aliphatic heterocycles. The van der Waals surface area contributed by atoms with Crippen LogP contribution in [0.4, 0.5) is 13.2 Å². The van der Waals surface area contributed by atoms with Crippen molar-refractivity contribution < 1.29 is 22.8 Å². The lowest BCUT2D eigenvalue weighted by Gasteiger charge is -2.40. The van der Waals surface area contributed by atoms with Crippen LogP contribution in [0.3, 0.4) is 0 Å². The summed E-state index contributed by atoms with van der Waals surface area (Å²) >= 11 is 5.91. The van der Waals surface area contributed by atoms with Crippen molar-refractivity contribution in [2.75, 3.05) is 6.54 Å². The van der Waals surface area contributed by atoms with Gasteiger partial charge in [0, 0.05) is 31.4 Å². The zero-order valence-electron chi connectivity index (χ0n) is 19.2. The van der Waals surface area contributed by atoms with Gasteiger partial charge in [-0.25, -0.2) is 13.2 Å². The number of aromatic nitrogens is 2. The molecule has 2 aromatic rings. The average Bonchev–Trinajstić information content (AvgIpc) is 3.14. The summed E-state index contributed by atoms with van der Waals surface area (Å²) in [5.74, 6) is -3.95. The molecule has 10 heteroatoms. The lowest BCUT2D eigenvalue weighted by Crippen LogP contribution is -2.42. The minimum absolute atomic E-state index is 0.0439. The van der Waals surface area contributed by atoms with Gasteiger partial charge < -0.3 is 10.6 Å². The molecular weight excluding hydrogens is 469 g/mol. The monoisotopic (exact) mass is 496 g/mol. The van der Waals surface area contributed by atoms with E-state index in [4.69, 9.17) is 17.3 Å². The van der Waals surface area contributed by atoms with Gasteiger partial charge in [-0.15, -0.1) is 0 Å². The van der Waals surface area contributed by atoms with Crippen LogP contribution in [-0.4, -0.2) is 39.0 Å². The second kappa shape index (κ2) is 8.91. The molecule has 1 aromatic heterocycles. The maximum Gasteiger partial charge on any atom is 0.252 e. The van der Waals surface area contributed by atoms with Gasteiger partial charge in [0.05, 0.1) is 29.4 Å². The van der Waals surface area contributed by atoms with E-state index in [0.29, 0.717) is 42.9 Å². The molecule has 2 N–H and O–H groups in total. The van der Waals surface area contributed by atoms with Crippen LogP contribution >= 0.6 is 11.6 Å². The highest BCUT2D eigenvalue weighted by Crippen LogP contribution is 2.45. The minimum Gasteiger partial charge on any atom is -0.365 e. The summed E-state index contributed by atoms with van der Waals surface area (Å²) in [6.07, 6.45) is 0.737. The first-order chi connectivity index (χ1) is 15.9. The third-order valence-electron chi connectivity index (χ3n) is 7.20. The normalized spacial score (nSPS) is 18.6. The van der Waals surface area contributed by atoms with E-state index < -0.39 is 23.1 Å². The molecule has 1 aliphatic carbocycles. The number of alkyl halides is 2. The Morgan fingerprint density at radius 2 is 1.91 bits per heavy atom. The summed E-state index contributed by atoms with van der Waals surface area (Å²) in [4.78, 5) is 27.2. The van der Waals surface area contributed by atoms with Gasteiger partial charge >= 0.3 is 0 Å². The van der Waals surface area contributed by atoms with Crippen LogP contribution in [0.1, 0.15) is 62.0 Å². The average molecular weight is 497 g/mol. The fourth-order valence-electron chi connectivity index (χ4n) is 5.10. The molecule has 2 heterocycles. The van der Waals surface area contributed by atoms with Crippen LogP contribution in [0.5, 0.6) is 0 Å². The van der Waals surface area contributed by atoms with Gasteiger partial charge in [0.2, 0.25) is 11.8 Å². The molecule has 0 radical (unpaired) electrons. The summed E-state index contributed by atoms with van der Waals surface area (Å²) in [5.41, 5.74) is 6.68. The molecular formula is C24H28ClF3N4O2. The van der Waals surface area contributed by atoms with Crippen LogP contribution in [-0.2, 0) is 17.9 Å². The van der Waals surface area contributed by atoms with Gasteiger partial charge in [0.1, 0.15) is 11.5 Å². The molecule has 34 heavy (non-hydrogen) atoms. The Balaban J connectivity index is 1.54. The van der Waals surface area contributed by atoms with Crippen molar-refractivity contribution >= 4 is 23.4 Å². The van der Waals surface area contributed by atoms with Gasteiger partial charge in [-0.05, 0) is 42.4 Å². The van der Waals surface area contributed by atoms with E-state index in [9.17, 15) is 22.8 Å². The van der Waals surface area contributed by atoms with Crippen LogP contribution in [0, 0.1) is 17.2 Å². The first-order valence-electron chi connectivity index (χ1n) is 11.4. The van der Waals surface area contributed by atoms with Crippen LogP contribution in [0.2, 0.25) is 5.02 Å². The van der Waals surface area contributed by atoms with E-state index in [1.165, 1.54) is 18.2 Å². The molecule has 0 saturated heterocycles. The van der Waals surface area contributed by atoms with Gasteiger partial charge in [0.25, 0.3) is 5.91 Å². The summed E-state index contributed by atoms with van der Waals surface area (Å²) in [7, 11) is 0. The molecule has 4 rings (SSSR count). The number of rotatable bonds is 5. The fraction of sp³-hybridized carbons (Fsp3) is 0.542. The highest BCUT2D eigenvalue weighted by molar-refractivity contribution is 6.31. The zero-order valence-corrected chi connectivity index (χ0v) is 20.0. The van der Waals surface area contributed by atoms with E-state index in [0.717, 1.165) is 0 Å². The number of hydrogen-bond donors (Lipinski definition) is 1. The number of carbonyl (C=O) groups excluding carboxylic acids is 2. The number of fused-ring (bicyclic) bond motifs is 1. The van der Waals surface area contributed by atoms with E-state index >= 15 is 0 Å². The maximum absolute atomic E-state index is 13.6. The first-order valence-corrected chi connectivity index (χ1v) is 11.8. The quantitative estimate of drug-likeness (QED) is 0.630. The third-order valence-corrected chi connectivity index (χ3v) is 7.49. The van der Waals surface area contributed by atoms with Gasteiger partial charge in [-0.1, -0.05) is 25.4 Å². The van der Waals surface area contributed by atoms with Crippen LogP contribution < -0.4 is 5.73 Å². The molecule has 0 spiro atoms. The SMILES string of the molecule is CC(C)(CC(=O)N1CCn2nc(-c3ccc(F)c(Cl)c3)c(C(N)=O)c2C1)C1CCC(F)(F)CC1. The topological polar surface area (TPSA) is 81.2 Å². The molecule has 1 fully saturated rings. The molecule has 6 nitrogen and oxygen atoms in total. The van der Waals surface area contributed by atoms with Crippen molar-refractivity contribution in [2.24, 2.45) is 17.1 Å². The van der Waals surface area contributed by atoms with E-state index in [2.05, 4.69) is 5.10 Å². The predicted molar refractivity (Wildman–Crippen MR) is 122 cm³/mol. The van der Waals surface area contributed by atoms with Crippen molar-refractivity contribution in [1.29, 1.82) is 0 Å². The Morgan fingerprint density at radius 3 is 2.53 bits per heavy atom. The lowest BCUT2D eigenvalue weighted by atomic mass is 9.68. The van der Waals surface area contributed by atoms with Crippen molar-refractivity contribution in [3.8, 4) is 11.3 Å². The summed E-state index contributed by atoms with van der Waals surface area (Å²) in [5, 5.41) is 4.40. The van der Waals surface area contributed by atoms with Crippen molar-refractivity contribution in [3.05, 3.63) is 40.3 Å². The molecule has 184 valence electrons. The van der Waals surface area contributed by atoms with Gasteiger partial charge in [-0.2, -0.15) is 5.10 Å². The minimum atomic E-state index is -2.61.